The molecule has 0 spiro atoms. The highest BCUT2D eigenvalue weighted by atomic mass is 32.2. The van der Waals surface area contributed by atoms with Crippen molar-refractivity contribution in [2.45, 2.75) is 43.5 Å². The zero-order valence-corrected chi connectivity index (χ0v) is 12.9. The quantitative estimate of drug-likeness (QED) is 0.821. The summed E-state index contributed by atoms with van der Waals surface area (Å²) in [6.07, 6.45) is 3.66. The number of hydrogen-bond donors (Lipinski definition) is 1. The molecule has 6 heteroatoms. The molecule has 0 aromatic heterocycles. The normalized spacial score (nSPS) is 22.6. The largest absolute Gasteiger partial charge is 0.314 e. The van der Waals surface area contributed by atoms with Gasteiger partial charge in [-0.1, -0.05) is 13.3 Å². The summed E-state index contributed by atoms with van der Waals surface area (Å²) in [5.41, 5.74) is 0. The fraction of sp³-hybridized carbons (Fsp3) is 0.600. The van der Waals surface area contributed by atoms with Crippen LogP contribution in [0.1, 0.15) is 32.6 Å². The molecule has 118 valence electrons. The van der Waals surface area contributed by atoms with E-state index in [1.165, 1.54) is 0 Å². The lowest BCUT2D eigenvalue weighted by Gasteiger charge is -2.20. The number of sulfone groups is 1. The van der Waals surface area contributed by atoms with Crippen molar-refractivity contribution in [3.8, 4) is 0 Å². The Balaban J connectivity index is 2.04. The molecule has 0 heterocycles. The Labute approximate surface area is 124 Å². The molecule has 1 aliphatic rings. The van der Waals surface area contributed by atoms with Gasteiger partial charge in [0.2, 0.25) is 0 Å². The molecule has 0 aliphatic heterocycles. The SMILES string of the molecule is CCNC1CCCC1CCS(=O)(=O)c1ccc(F)cc1F. The van der Waals surface area contributed by atoms with Crippen molar-refractivity contribution >= 4 is 9.84 Å². The summed E-state index contributed by atoms with van der Waals surface area (Å²) in [5, 5.41) is 3.37. The van der Waals surface area contributed by atoms with Crippen LogP contribution in [0.25, 0.3) is 0 Å². The smallest absolute Gasteiger partial charge is 0.181 e. The van der Waals surface area contributed by atoms with E-state index in [1.807, 2.05) is 6.92 Å². The molecule has 0 saturated heterocycles. The van der Waals surface area contributed by atoms with E-state index in [0.29, 0.717) is 24.4 Å². The highest BCUT2D eigenvalue weighted by Gasteiger charge is 2.29. The summed E-state index contributed by atoms with van der Waals surface area (Å²) in [5.74, 6) is -1.57. The van der Waals surface area contributed by atoms with Gasteiger partial charge in [-0.05, 0) is 43.9 Å². The van der Waals surface area contributed by atoms with Gasteiger partial charge in [0.15, 0.2) is 9.84 Å². The van der Waals surface area contributed by atoms with Gasteiger partial charge in [0.05, 0.1) is 5.75 Å². The monoisotopic (exact) mass is 317 g/mol. The first-order chi connectivity index (χ1) is 9.94. The van der Waals surface area contributed by atoms with E-state index < -0.39 is 26.4 Å². The molecule has 3 nitrogen and oxygen atoms in total. The van der Waals surface area contributed by atoms with Gasteiger partial charge in [0, 0.05) is 12.1 Å². The van der Waals surface area contributed by atoms with Crippen LogP contribution in [0.3, 0.4) is 0 Å². The lowest BCUT2D eigenvalue weighted by atomic mass is 10.0. The molecule has 2 atom stereocenters. The molecule has 0 bridgehead atoms. The van der Waals surface area contributed by atoms with E-state index in [9.17, 15) is 17.2 Å². The average molecular weight is 317 g/mol. The maximum Gasteiger partial charge on any atom is 0.181 e. The molecule has 1 N–H and O–H groups in total. The second kappa shape index (κ2) is 6.83. The number of hydrogen-bond acceptors (Lipinski definition) is 3. The summed E-state index contributed by atoms with van der Waals surface area (Å²) in [6, 6.07) is 2.95. The Morgan fingerprint density at radius 1 is 1.29 bits per heavy atom. The summed E-state index contributed by atoms with van der Waals surface area (Å²) < 4.78 is 50.9. The molecule has 0 radical (unpaired) electrons. The maximum atomic E-state index is 13.6. The lowest BCUT2D eigenvalue weighted by Crippen LogP contribution is -2.33. The van der Waals surface area contributed by atoms with Crippen molar-refractivity contribution in [1.82, 2.24) is 5.32 Å². The van der Waals surface area contributed by atoms with Gasteiger partial charge in [-0.15, -0.1) is 0 Å². The third kappa shape index (κ3) is 4.01. The van der Waals surface area contributed by atoms with E-state index in [2.05, 4.69) is 5.32 Å². The van der Waals surface area contributed by atoms with Crippen LogP contribution in [-0.4, -0.2) is 26.8 Å². The van der Waals surface area contributed by atoms with Crippen molar-refractivity contribution in [2.24, 2.45) is 5.92 Å². The molecule has 1 fully saturated rings. The zero-order valence-electron chi connectivity index (χ0n) is 12.1. The van der Waals surface area contributed by atoms with Crippen molar-refractivity contribution in [1.29, 1.82) is 0 Å². The first-order valence-corrected chi connectivity index (χ1v) is 9.00. The molecule has 1 aromatic carbocycles. The third-order valence-corrected chi connectivity index (χ3v) is 5.89. The molecule has 21 heavy (non-hydrogen) atoms. The van der Waals surface area contributed by atoms with E-state index >= 15 is 0 Å². The number of halogens is 2. The Morgan fingerprint density at radius 3 is 2.71 bits per heavy atom. The van der Waals surface area contributed by atoms with E-state index in [4.69, 9.17) is 0 Å². The van der Waals surface area contributed by atoms with Crippen LogP contribution in [0.4, 0.5) is 8.78 Å². The van der Waals surface area contributed by atoms with Gasteiger partial charge >= 0.3 is 0 Å². The summed E-state index contributed by atoms with van der Waals surface area (Å²) in [4.78, 5) is -0.401. The van der Waals surface area contributed by atoms with Crippen molar-refractivity contribution in [2.75, 3.05) is 12.3 Å². The average Bonchev–Trinajstić information content (AvgIpc) is 2.84. The van der Waals surface area contributed by atoms with Gasteiger partial charge < -0.3 is 5.32 Å². The molecule has 0 amide bonds. The highest BCUT2D eigenvalue weighted by Crippen LogP contribution is 2.30. The molecule has 1 saturated carbocycles. The Hall–Kier alpha value is -1.01. The Kier molecular flexibility index (Phi) is 5.32. The minimum absolute atomic E-state index is 0.0951. The Bertz CT molecular complexity index is 589. The van der Waals surface area contributed by atoms with Crippen LogP contribution >= 0.6 is 0 Å². The lowest BCUT2D eigenvalue weighted by molar-refractivity contribution is 0.398. The number of nitrogens with one attached hydrogen (secondary N) is 1. The predicted octanol–water partition coefficient (Wildman–Crippen LogP) is 2.91. The second-order valence-corrected chi connectivity index (χ2v) is 7.62. The highest BCUT2D eigenvalue weighted by molar-refractivity contribution is 7.91. The van der Waals surface area contributed by atoms with Gasteiger partial charge in [-0.25, -0.2) is 17.2 Å². The summed E-state index contributed by atoms with van der Waals surface area (Å²) in [6.45, 7) is 2.89. The van der Waals surface area contributed by atoms with Crippen LogP contribution in [0.2, 0.25) is 0 Å². The van der Waals surface area contributed by atoms with Crippen molar-refractivity contribution in [3.05, 3.63) is 29.8 Å². The van der Waals surface area contributed by atoms with Crippen LogP contribution in [0.15, 0.2) is 23.1 Å². The molecule has 2 unspecified atom stereocenters. The van der Waals surface area contributed by atoms with Gasteiger partial charge in [-0.2, -0.15) is 0 Å². The molecule has 1 aromatic rings. The first-order valence-electron chi connectivity index (χ1n) is 7.35. The summed E-state index contributed by atoms with van der Waals surface area (Å²) in [7, 11) is -3.70. The molecule has 2 rings (SSSR count). The van der Waals surface area contributed by atoms with Crippen molar-refractivity contribution in [3.63, 3.8) is 0 Å². The zero-order chi connectivity index (χ0) is 15.5. The fourth-order valence-corrected chi connectivity index (χ4v) is 4.52. The standard InChI is InChI=1S/C15H21F2NO2S/c1-2-18-14-5-3-4-11(14)8-9-21(19,20)15-7-6-12(16)10-13(15)17/h6-7,10-11,14,18H,2-5,8-9H2,1H3. The predicted molar refractivity (Wildman–Crippen MR) is 77.8 cm³/mol. The third-order valence-electron chi connectivity index (χ3n) is 4.11. The van der Waals surface area contributed by atoms with Gasteiger partial charge in [0.25, 0.3) is 0 Å². The first kappa shape index (κ1) is 16.4. The topological polar surface area (TPSA) is 46.2 Å². The second-order valence-electron chi connectivity index (χ2n) is 5.54. The number of rotatable bonds is 6. The number of benzene rings is 1. The van der Waals surface area contributed by atoms with E-state index in [1.54, 1.807) is 0 Å². The van der Waals surface area contributed by atoms with Crippen LogP contribution < -0.4 is 5.32 Å². The van der Waals surface area contributed by atoms with E-state index in [0.717, 1.165) is 37.9 Å². The molecular formula is C15H21F2NO2S. The van der Waals surface area contributed by atoms with Gasteiger partial charge in [0.1, 0.15) is 16.5 Å². The molecular weight excluding hydrogens is 296 g/mol. The van der Waals surface area contributed by atoms with E-state index in [-0.39, 0.29) is 5.75 Å². The minimum atomic E-state index is -3.70. The fourth-order valence-electron chi connectivity index (χ4n) is 3.06. The summed E-state index contributed by atoms with van der Waals surface area (Å²) >= 11 is 0. The minimum Gasteiger partial charge on any atom is -0.314 e. The Morgan fingerprint density at radius 2 is 2.05 bits per heavy atom. The van der Waals surface area contributed by atoms with Crippen LogP contribution in [-0.2, 0) is 9.84 Å². The maximum absolute atomic E-state index is 13.6. The van der Waals surface area contributed by atoms with Crippen LogP contribution in [0.5, 0.6) is 0 Å². The van der Waals surface area contributed by atoms with Crippen molar-refractivity contribution < 1.29 is 17.2 Å². The van der Waals surface area contributed by atoms with Gasteiger partial charge in [-0.3, -0.25) is 0 Å². The molecule has 1 aliphatic carbocycles. The van der Waals surface area contributed by atoms with Crippen LogP contribution in [0, 0.1) is 17.6 Å².